The van der Waals surface area contributed by atoms with Crippen molar-refractivity contribution in [3.8, 4) is 5.75 Å². The van der Waals surface area contributed by atoms with E-state index in [0.717, 1.165) is 12.5 Å². The van der Waals surface area contributed by atoms with Crippen molar-refractivity contribution in [1.29, 1.82) is 0 Å². The average Bonchev–Trinajstić information content (AvgIpc) is 2.73. The van der Waals surface area contributed by atoms with Crippen LogP contribution in [0.25, 0.3) is 0 Å². The average molecular weight is 237 g/mol. The number of hydrogen-bond donors (Lipinski definition) is 2. The molecule has 0 saturated carbocycles. The van der Waals surface area contributed by atoms with Crippen LogP contribution in [0.2, 0.25) is 0 Å². The second kappa shape index (κ2) is 5.03. The molecule has 0 aromatic heterocycles. The van der Waals surface area contributed by atoms with E-state index in [1.165, 1.54) is 13.2 Å². The molecule has 0 bridgehead atoms. The van der Waals surface area contributed by atoms with Gasteiger partial charge in [0.25, 0.3) is 0 Å². The zero-order valence-electron chi connectivity index (χ0n) is 9.96. The van der Waals surface area contributed by atoms with Crippen molar-refractivity contribution in [2.45, 2.75) is 19.5 Å². The molecular weight excluding hydrogens is 221 g/mol. The van der Waals surface area contributed by atoms with Gasteiger partial charge < -0.3 is 15.4 Å². The molecule has 1 aliphatic heterocycles. The van der Waals surface area contributed by atoms with Crippen molar-refractivity contribution in [3.63, 3.8) is 0 Å². The number of hydrogen-bond acceptors (Lipinski definition) is 4. The number of nitrogens with zero attached hydrogens (tertiary/aromatic N) is 1. The zero-order valence-corrected chi connectivity index (χ0v) is 9.96. The van der Waals surface area contributed by atoms with Crippen molar-refractivity contribution in [2.75, 3.05) is 13.7 Å². The van der Waals surface area contributed by atoms with Gasteiger partial charge in [0, 0.05) is 24.2 Å². The molecule has 2 N–H and O–H groups in total. The van der Waals surface area contributed by atoms with Crippen molar-refractivity contribution in [2.24, 2.45) is 4.99 Å². The second-order valence-electron chi connectivity index (χ2n) is 4.05. The Morgan fingerprint density at radius 3 is 3.00 bits per heavy atom. The molecule has 4 nitrogen and oxygen atoms in total. The first-order valence-electron chi connectivity index (χ1n) is 5.56. The third-order valence-electron chi connectivity index (χ3n) is 2.61. The first-order valence-corrected chi connectivity index (χ1v) is 5.56. The maximum absolute atomic E-state index is 13.6. The number of ether oxygens (including phenoxy) is 1. The highest BCUT2D eigenvalue weighted by Crippen LogP contribution is 2.15. The molecular formula is C12H16FN3O. The fourth-order valence-electron chi connectivity index (χ4n) is 1.64. The van der Waals surface area contributed by atoms with Crippen LogP contribution in [0, 0.1) is 5.82 Å². The van der Waals surface area contributed by atoms with Crippen LogP contribution >= 0.6 is 0 Å². The number of guanidine groups is 1. The van der Waals surface area contributed by atoms with E-state index < -0.39 is 0 Å². The van der Waals surface area contributed by atoms with E-state index in [-0.39, 0.29) is 5.82 Å². The Hall–Kier alpha value is -1.78. The first kappa shape index (κ1) is 11.7. The van der Waals surface area contributed by atoms with Crippen LogP contribution in [0.15, 0.2) is 23.2 Å². The summed E-state index contributed by atoms with van der Waals surface area (Å²) in [5.74, 6) is 0.979. The highest BCUT2D eigenvalue weighted by atomic mass is 19.1. The molecule has 1 aliphatic rings. The molecule has 1 aromatic rings. The number of rotatable bonds is 3. The van der Waals surface area contributed by atoms with Crippen LogP contribution in [0.4, 0.5) is 4.39 Å². The standard InChI is InChI=1S/C12H16FN3O/c1-8-6-14-12(16-8)15-7-9-3-4-10(17-2)5-11(9)13/h3-5,8H,6-7H2,1-2H3,(H2,14,15,16). The minimum Gasteiger partial charge on any atom is -0.497 e. The van der Waals surface area contributed by atoms with E-state index >= 15 is 0 Å². The van der Waals surface area contributed by atoms with Gasteiger partial charge in [-0.15, -0.1) is 0 Å². The zero-order chi connectivity index (χ0) is 12.3. The lowest BCUT2D eigenvalue weighted by atomic mass is 10.2. The van der Waals surface area contributed by atoms with Crippen molar-refractivity contribution < 1.29 is 9.13 Å². The molecule has 1 heterocycles. The van der Waals surface area contributed by atoms with Crippen LogP contribution in [0.3, 0.4) is 0 Å². The van der Waals surface area contributed by atoms with Gasteiger partial charge in [-0.05, 0) is 13.0 Å². The molecule has 2 rings (SSSR count). The number of nitrogens with one attached hydrogen (secondary N) is 2. The molecule has 0 amide bonds. The van der Waals surface area contributed by atoms with E-state index in [1.807, 2.05) is 6.92 Å². The molecule has 1 aromatic carbocycles. The van der Waals surface area contributed by atoms with Crippen molar-refractivity contribution in [3.05, 3.63) is 29.6 Å². The van der Waals surface area contributed by atoms with Gasteiger partial charge in [0.1, 0.15) is 11.6 Å². The molecule has 17 heavy (non-hydrogen) atoms. The lowest BCUT2D eigenvalue weighted by molar-refractivity contribution is 0.410. The Labute approximate surface area is 99.9 Å². The van der Waals surface area contributed by atoms with E-state index in [9.17, 15) is 4.39 Å². The van der Waals surface area contributed by atoms with Gasteiger partial charge in [0.2, 0.25) is 0 Å². The molecule has 0 spiro atoms. The molecule has 0 fully saturated rings. The van der Waals surface area contributed by atoms with Crippen LogP contribution in [-0.4, -0.2) is 25.7 Å². The SMILES string of the molecule is COc1ccc(CNC2=NCC(C)N2)c(F)c1. The Bertz CT molecular complexity index is 434. The van der Waals surface area contributed by atoms with Crippen molar-refractivity contribution >= 4 is 5.96 Å². The fourth-order valence-corrected chi connectivity index (χ4v) is 1.64. The summed E-state index contributed by atoms with van der Waals surface area (Å²) in [5.41, 5.74) is 0.592. The molecule has 1 atom stereocenters. The monoisotopic (exact) mass is 237 g/mol. The molecule has 0 radical (unpaired) electrons. The lowest BCUT2D eigenvalue weighted by Crippen LogP contribution is -2.37. The van der Waals surface area contributed by atoms with Gasteiger partial charge in [0.05, 0.1) is 13.7 Å². The van der Waals surface area contributed by atoms with E-state index in [0.29, 0.717) is 23.9 Å². The van der Waals surface area contributed by atoms with Gasteiger partial charge in [-0.1, -0.05) is 6.07 Å². The third kappa shape index (κ3) is 2.87. The maximum atomic E-state index is 13.6. The van der Waals surface area contributed by atoms with Gasteiger partial charge in [-0.3, -0.25) is 4.99 Å². The summed E-state index contributed by atoms with van der Waals surface area (Å²) in [5, 5.41) is 6.22. The van der Waals surface area contributed by atoms with Gasteiger partial charge in [-0.2, -0.15) is 0 Å². The second-order valence-corrected chi connectivity index (χ2v) is 4.05. The first-order chi connectivity index (χ1) is 8.19. The number of aliphatic imine (C=N–C) groups is 1. The summed E-state index contributed by atoms with van der Waals surface area (Å²) in [6.45, 7) is 3.22. The summed E-state index contributed by atoms with van der Waals surface area (Å²) in [4.78, 5) is 4.24. The van der Waals surface area contributed by atoms with Crippen molar-refractivity contribution in [1.82, 2.24) is 10.6 Å². The molecule has 0 aliphatic carbocycles. The summed E-state index contributed by atoms with van der Waals surface area (Å²) in [6.07, 6.45) is 0. The maximum Gasteiger partial charge on any atom is 0.191 e. The Balaban J connectivity index is 1.95. The summed E-state index contributed by atoms with van der Waals surface area (Å²) in [7, 11) is 1.52. The largest absolute Gasteiger partial charge is 0.497 e. The minimum atomic E-state index is -0.275. The van der Waals surface area contributed by atoms with Crippen LogP contribution < -0.4 is 15.4 Å². The van der Waals surface area contributed by atoms with Crippen LogP contribution in [-0.2, 0) is 6.54 Å². The smallest absolute Gasteiger partial charge is 0.191 e. The Kier molecular flexibility index (Phi) is 3.46. The normalized spacial score (nSPS) is 18.5. The van der Waals surface area contributed by atoms with Gasteiger partial charge in [0.15, 0.2) is 5.96 Å². The third-order valence-corrected chi connectivity index (χ3v) is 2.61. The Morgan fingerprint density at radius 1 is 1.59 bits per heavy atom. The number of halogens is 1. The van der Waals surface area contributed by atoms with E-state index in [1.54, 1.807) is 12.1 Å². The van der Waals surface area contributed by atoms with Crippen LogP contribution in [0.1, 0.15) is 12.5 Å². The highest BCUT2D eigenvalue weighted by molar-refractivity contribution is 5.81. The number of benzene rings is 1. The summed E-state index contributed by atoms with van der Waals surface area (Å²) in [6, 6.07) is 5.18. The quantitative estimate of drug-likeness (QED) is 0.832. The highest BCUT2D eigenvalue weighted by Gasteiger charge is 2.12. The Morgan fingerprint density at radius 2 is 2.41 bits per heavy atom. The predicted molar refractivity (Wildman–Crippen MR) is 64.7 cm³/mol. The summed E-state index contributed by atoms with van der Waals surface area (Å²) >= 11 is 0. The molecule has 92 valence electrons. The minimum absolute atomic E-state index is 0.275. The van der Waals surface area contributed by atoms with E-state index in [4.69, 9.17) is 4.74 Å². The fraction of sp³-hybridized carbons (Fsp3) is 0.417. The van der Waals surface area contributed by atoms with Gasteiger partial charge >= 0.3 is 0 Å². The number of methoxy groups -OCH3 is 1. The lowest BCUT2D eigenvalue weighted by Gasteiger charge is -2.10. The molecule has 1 unspecified atom stereocenters. The van der Waals surface area contributed by atoms with Gasteiger partial charge in [-0.25, -0.2) is 4.39 Å². The summed E-state index contributed by atoms with van der Waals surface area (Å²) < 4.78 is 18.6. The topological polar surface area (TPSA) is 45.6 Å². The molecule has 5 heteroatoms. The molecule has 0 saturated heterocycles. The van der Waals surface area contributed by atoms with Crippen LogP contribution in [0.5, 0.6) is 5.75 Å². The van der Waals surface area contributed by atoms with E-state index in [2.05, 4.69) is 15.6 Å². The predicted octanol–water partition coefficient (Wildman–Crippen LogP) is 1.27.